The third-order valence-electron chi connectivity index (χ3n) is 1.89. The molecule has 7 heteroatoms. The maximum Gasteiger partial charge on any atom is 0.421 e. The van der Waals surface area contributed by atoms with Gasteiger partial charge in [-0.15, -0.1) is 0 Å². The lowest BCUT2D eigenvalue weighted by Gasteiger charge is -2.13. The second-order valence-electron chi connectivity index (χ2n) is 3.19. The Labute approximate surface area is 93.0 Å². The van der Waals surface area contributed by atoms with Gasteiger partial charge in [-0.3, -0.25) is 0 Å². The van der Waals surface area contributed by atoms with Crippen molar-refractivity contribution in [3.8, 4) is 0 Å². The number of hydrogen-bond acceptors (Lipinski definition) is 0. The molecular formula is C10H8F6N+. The third-order valence-corrected chi connectivity index (χ3v) is 1.89. The lowest BCUT2D eigenvalue weighted by molar-refractivity contribution is -0.687. The van der Waals surface area contributed by atoms with Crippen molar-refractivity contribution in [3.63, 3.8) is 0 Å². The molecule has 94 valence electrons. The Morgan fingerprint density at radius 1 is 0.882 bits per heavy atom. The van der Waals surface area contributed by atoms with Crippen molar-refractivity contribution < 1.29 is 30.9 Å². The zero-order valence-corrected chi connectivity index (χ0v) is 8.39. The summed E-state index contributed by atoms with van der Waals surface area (Å²) in [6.45, 7) is -0.491. The summed E-state index contributed by atoms with van der Waals surface area (Å²) in [5.41, 5.74) is -2.48. The molecule has 0 N–H and O–H groups in total. The lowest BCUT2D eigenvalue weighted by atomic mass is 10.2. The molecule has 0 aliphatic rings. The second kappa shape index (κ2) is 4.77. The minimum atomic E-state index is -5.40. The number of halogens is 6. The summed E-state index contributed by atoms with van der Waals surface area (Å²) in [6.07, 6.45) is -7.91. The topological polar surface area (TPSA) is 3.88 Å². The Morgan fingerprint density at radius 3 is 1.76 bits per heavy atom. The monoisotopic (exact) mass is 256 g/mol. The van der Waals surface area contributed by atoms with Crippen LogP contribution in [0.4, 0.5) is 26.3 Å². The average molecular weight is 256 g/mol. The van der Waals surface area contributed by atoms with E-state index in [0.717, 1.165) is 0 Å². The van der Waals surface area contributed by atoms with E-state index in [4.69, 9.17) is 0 Å². The fourth-order valence-electron chi connectivity index (χ4n) is 1.14. The van der Waals surface area contributed by atoms with E-state index in [-0.39, 0.29) is 6.08 Å². The minimum absolute atomic E-state index is 0.125. The largest absolute Gasteiger partial charge is 0.421 e. The lowest BCUT2D eigenvalue weighted by Crippen LogP contribution is -2.34. The smallest absolute Gasteiger partial charge is 0.201 e. The minimum Gasteiger partial charge on any atom is -0.201 e. The summed E-state index contributed by atoms with van der Waals surface area (Å²) in [6, 6.07) is 4.62. The van der Waals surface area contributed by atoms with Crippen LogP contribution in [0.1, 0.15) is 0 Å². The maximum absolute atomic E-state index is 12.1. The van der Waals surface area contributed by atoms with Crippen molar-refractivity contribution in [2.75, 3.05) is 0 Å². The molecule has 0 fully saturated rings. The summed E-state index contributed by atoms with van der Waals surface area (Å²) in [7, 11) is 0. The Balaban J connectivity index is 2.93. The third kappa shape index (κ3) is 4.08. The van der Waals surface area contributed by atoms with Gasteiger partial charge in [0.2, 0.25) is 0 Å². The van der Waals surface area contributed by atoms with Gasteiger partial charge in [0.15, 0.2) is 18.9 Å². The van der Waals surface area contributed by atoms with Gasteiger partial charge < -0.3 is 0 Å². The van der Waals surface area contributed by atoms with Crippen LogP contribution in [0.3, 0.4) is 0 Å². The van der Waals surface area contributed by atoms with Crippen molar-refractivity contribution in [2.45, 2.75) is 18.9 Å². The van der Waals surface area contributed by atoms with Gasteiger partial charge in [0.1, 0.15) is 5.57 Å². The number of aromatic nitrogens is 1. The van der Waals surface area contributed by atoms with Crippen molar-refractivity contribution in [3.05, 3.63) is 42.2 Å². The van der Waals surface area contributed by atoms with Gasteiger partial charge in [-0.1, -0.05) is 6.07 Å². The highest BCUT2D eigenvalue weighted by Gasteiger charge is 2.50. The van der Waals surface area contributed by atoms with E-state index in [1.54, 1.807) is 6.07 Å². The summed E-state index contributed by atoms with van der Waals surface area (Å²) in [5, 5.41) is 0. The first-order chi connectivity index (χ1) is 7.71. The average Bonchev–Trinajstić information content (AvgIpc) is 2.15. The van der Waals surface area contributed by atoms with Crippen LogP contribution < -0.4 is 4.57 Å². The Bertz CT molecular complexity index is 373. The first kappa shape index (κ1) is 13.5. The van der Waals surface area contributed by atoms with Gasteiger partial charge in [-0.25, -0.2) is 4.57 Å². The SMILES string of the molecule is FC(F)(F)C(=CC[n+]1ccccc1)C(F)(F)F. The van der Waals surface area contributed by atoms with Crippen molar-refractivity contribution >= 4 is 0 Å². The molecule has 1 rings (SSSR count). The van der Waals surface area contributed by atoms with Gasteiger partial charge >= 0.3 is 12.4 Å². The fourth-order valence-corrected chi connectivity index (χ4v) is 1.14. The van der Waals surface area contributed by atoms with Crippen LogP contribution in [-0.4, -0.2) is 12.4 Å². The van der Waals surface area contributed by atoms with Crippen LogP contribution in [0.5, 0.6) is 0 Å². The van der Waals surface area contributed by atoms with E-state index in [0.29, 0.717) is 0 Å². The second-order valence-corrected chi connectivity index (χ2v) is 3.19. The van der Waals surface area contributed by atoms with Crippen molar-refractivity contribution in [1.82, 2.24) is 0 Å². The summed E-state index contributed by atoms with van der Waals surface area (Å²) in [5.74, 6) is 0. The molecule has 1 aromatic rings. The molecule has 0 aromatic carbocycles. The predicted molar refractivity (Wildman–Crippen MR) is 46.8 cm³/mol. The van der Waals surface area contributed by atoms with Crippen LogP contribution in [0.25, 0.3) is 0 Å². The molecule has 0 amide bonds. The van der Waals surface area contributed by atoms with E-state index < -0.39 is 24.5 Å². The molecule has 0 atom stereocenters. The van der Waals surface area contributed by atoms with Crippen LogP contribution in [-0.2, 0) is 6.54 Å². The van der Waals surface area contributed by atoms with Gasteiger partial charge in [-0.2, -0.15) is 26.3 Å². The molecule has 0 spiro atoms. The fraction of sp³-hybridized carbons (Fsp3) is 0.300. The summed E-state index contributed by atoms with van der Waals surface area (Å²) < 4.78 is 73.9. The first-order valence-electron chi connectivity index (χ1n) is 4.50. The zero-order valence-electron chi connectivity index (χ0n) is 8.39. The van der Waals surface area contributed by atoms with Crippen LogP contribution >= 0.6 is 0 Å². The van der Waals surface area contributed by atoms with E-state index in [2.05, 4.69) is 0 Å². The number of hydrogen-bond donors (Lipinski definition) is 0. The quantitative estimate of drug-likeness (QED) is 0.435. The molecule has 17 heavy (non-hydrogen) atoms. The van der Waals surface area contributed by atoms with E-state index in [9.17, 15) is 26.3 Å². The van der Waals surface area contributed by atoms with Gasteiger partial charge in [0.25, 0.3) is 0 Å². The highest BCUT2D eigenvalue weighted by molar-refractivity contribution is 5.14. The standard InChI is InChI=1S/C10H8F6N/c11-9(12,13)8(10(14,15)16)4-7-17-5-2-1-3-6-17/h1-6H,7H2/q+1. The first-order valence-corrected chi connectivity index (χ1v) is 4.50. The van der Waals surface area contributed by atoms with Crippen molar-refractivity contribution in [2.24, 2.45) is 0 Å². The van der Waals surface area contributed by atoms with Crippen molar-refractivity contribution in [1.29, 1.82) is 0 Å². The number of alkyl halides is 6. The van der Waals surface area contributed by atoms with Crippen LogP contribution in [0, 0.1) is 0 Å². The predicted octanol–water partition coefficient (Wildman–Crippen LogP) is 3.03. The number of rotatable bonds is 2. The van der Waals surface area contributed by atoms with Gasteiger partial charge in [-0.05, 0) is 6.08 Å². The zero-order chi connectivity index (χ0) is 13.1. The molecular weight excluding hydrogens is 248 g/mol. The highest BCUT2D eigenvalue weighted by Crippen LogP contribution is 2.38. The van der Waals surface area contributed by atoms with E-state index in [1.807, 2.05) is 0 Å². The van der Waals surface area contributed by atoms with E-state index in [1.165, 1.54) is 29.1 Å². The molecule has 0 bridgehead atoms. The van der Waals surface area contributed by atoms with Gasteiger partial charge in [0.05, 0.1) is 0 Å². The molecule has 1 nitrogen and oxygen atoms in total. The normalized spacial score (nSPS) is 12.4. The highest BCUT2D eigenvalue weighted by atomic mass is 19.4. The molecule has 0 saturated carbocycles. The summed E-state index contributed by atoms with van der Waals surface area (Å²) in [4.78, 5) is 0. The maximum atomic E-state index is 12.1. The molecule has 1 heterocycles. The molecule has 0 saturated heterocycles. The molecule has 0 aliphatic carbocycles. The molecule has 0 radical (unpaired) electrons. The Kier molecular flexibility index (Phi) is 3.79. The van der Waals surface area contributed by atoms with Gasteiger partial charge in [0, 0.05) is 12.1 Å². The molecule has 0 unspecified atom stereocenters. The Morgan fingerprint density at radius 2 is 1.35 bits per heavy atom. The van der Waals surface area contributed by atoms with Crippen LogP contribution in [0.15, 0.2) is 42.2 Å². The number of allylic oxidation sites excluding steroid dienone is 2. The van der Waals surface area contributed by atoms with Crippen LogP contribution in [0.2, 0.25) is 0 Å². The number of pyridine rings is 1. The summed E-state index contributed by atoms with van der Waals surface area (Å²) >= 11 is 0. The number of nitrogens with zero attached hydrogens (tertiary/aromatic N) is 1. The molecule has 1 aromatic heterocycles. The van der Waals surface area contributed by atoms with E-state index >= 15 is 0 Å². The molecule has 0 aliphatic heterocycles. The Hall–Kier alpha value is -1.53.